The Morgan fingerprint density at radius 3 is 3.00 bits per heavy atom. The average Bonchev–Trinajstić information content (AvgIpc) is 2.95. The zero-order valence-corrected chi connectivity index (χ0v) is 10.9. The van der Waals surface area contributed by atoms with Gasteiger partial charge in [-0.3, -0.25) is 0 Å². The normalized spacial score (nSPS) is 21.5. The van der Waals surface area contributed by atoms with Gasteiger partial charge in [0, 0.05) is 31.0 Å². The SMILES string of the molecule is CCc1nsc(NCC2CCN(CC)C2)n1. The van der Waals surface area contributed by atoms with Crippen molar-refractivity contribution in [3.8, 4) is 0 Å². The van der Waals surface area contributed by atoms with Crippen LogP contribution in [0.1, 0.15) is 26.1 Å². The summed E-state index contributed by atoms with van der Waals surface area (Å²) in [4.78, 5) is 6.92. The van der Waals surface area contributed by atoms with Crippen molar-refractivity contribution >= 4 is 16.7 Å². The smallest absolute Gasteiger partial charge is 0.202 e. The van der Waals surface area contributed by atoms with Crippen molar-refractivity contribution in [1.29, 1.82) is 0 Å². The topological polar surface area (TPSA) is 41.1 Å². The summed E-state index contributed by atoms with van der Waals surface area (Å²) in [5.41, 5.74) is 0. The lowest BCUT2D eigenvalue weighted by molar-refractivity contribution is 0.345. The molecule has 2 rings (SSSR count). The maximum Gasteiger partial charge on any atom is 0.202 e. The maximum atomic E-state index is 4.41. The van der Waals surface area contributed by atoms with Crippen LogP contribution in [0.15, 0.2) is 0 Å². The first-order chi connectivity index (χ1) is 7.81. The third-order valence-corrected chi connectivity index (χ3v) is 3.85. The van der Waals surface area contributed by atoms with Crippen LogP contribution in [0.4, 0.5) is 5.13 Å². The molecule has 0 amide bonds. The Morgan fingerprint density at radius 2 is 2.38 bits per heavy atom. The molecule has 0 aromatic carbocycles. The highest BCUT2D eigenvalue weighted by molar-refractivity contribution is 7.09. The van der Waals surface area contributed by atoms with E-state index in [-0.39, 0.29) is 0 Å². The number of hydrogen-bond acceptors (Lipinski definition) is 5. The lowest BCUT2D eigenvalue weighted by Crippen LogP contribution is -2.22. The van der Waals surface area contributed by atoms with Crippen LogP contribution in [0.5, 0.6) is 0 Å². The second-order valence-electron chi connectivity index (χ2n) is 4.30. The molecule has 0 radical (unpaired) electrons. The van der Waals surface area contributed by atoms with Gasteiger partial charge in [-0.15, -0.1) is 0 Å². The molecule has 1 atom stereocenters. The number of rotatable bonds is 5. The molecule has 0 bridgehead atoms. The molecule has 90 valence electrons. The fraction of sp³-hybridized carbons (Fsp3) is 0.818. The van der Waals surface area contributed by atoms with Crippen LogP contribution in [-0.2, 0) is 6.42 Å². The highest BCUT2D eigenvalue weighted by Gasteiger charge is 2.20. The molecular weight excluding hydrogens is 220 g/mol. The van der Waals surface area contributed by atoms with Crippen molar-refractivity contribution in [3.63, 3.8) is 0 Å². The molecule has 1 aliphatic heterocycles. The summed E-state index contributed by atoms with van der Waals surface area (Å²) in [6.45, 7) is 9.00. The first-order valence-corrected chi connectivity index (χ1v) is 6.88. The summed E-state index contributed by atoms with van der Waals surface area (Å²) in [6, 6.07) is 0. The maximum absolute atomic E-state index is 4.41. The van der Waals surface area contributed by atoms with E-state index in [4.69, 9.17) is 0 Å². The van der Waals surface area contributed by atoms with E-state index < -0.39 is 0 Å². The molecule has 0 aliphatic carbocycles. The van der Waals surface area contributed by atoms with Gasteiger partial charge in [-0.2, -0.15) is 4.37 Å². The van der Waals surface area contributed by atoms with Crippen LogP contribution in [0.25, 0.3) is 0 Å². The van der Waals surface area contributed by atoms with Gasteiger partial charge in [-0.05, 0) is 25.4 Å². The fourth-order valence-corrected chi connectivity index (χ4v) is 2.72. The first-order valence-electron chi connectivity index (χ1n) is 6.10. The van der Waals surface area contributed by atoms with Crippen LogP contribution in [-0.4, -0.2) is 40.4 Å². The third-order valence-electron chi connectivity index (χ3n) is 3.14. The van der Waals surface area contributed by atoms with Crippen LogP contribution >= 0.6 is 11.5 Å². The zero-order chi connectivity index (χ0) is 11.4. The molecule has 5 heteroatoms. The number of likely N-dealkylation sites (tertiary alicyclic amines) is 1. The van der Waals surface area contributed by atoms with Gasteiger partial charge in [0.2, 0.25) is 5.13 Å². The second kappa shape index (κ2) is 5.59. The average molecular weight is 240 g/mol. The number of anilines is 1. The number of aromatic nitrogens is 2. The molecule has 1 fully saturated rings. The van der Waals surface area contributed by atoms with Gasteiger partial charge in [-0.1, -0.05) is 13.8 Å². The van der Waals surface area contributed by atoms with Gasteiger partial charge in [0.1, 0.15) is 5.82 Å². The Balaban J connectivity index is 1.75. The molecule has 1 aliphatic rings. The molecule has 16 heavy (non-hydrogen) atoms. The largest absolute Gasteiger partial charge is 0.360 e. The summed E-state index contributed by atoms with van der Waals surface area (Å²) >= 11 is 1.48. The summed E-state index contributed by atoms with van der Waals surface area (Å²) in [6.07, 6.45) is 2.23. The van der Waals surface area contributed by atoms with Gasteiger partial charge in [-0.25, -0.2) is 4.98 Å². The molecule has 1 unspecified atom stereocenters. The molecule has 2 heterocycles. The summed E-state index contributed by atoms with van der Waals surface area (Å²) in [7, 11) is 0. The van der Waals surface area contributed by atoms with Crippen molar-refractivity contribution in [3.05, 3.63) is 5.82 Å². The monoisotopic (exact) mass is 240 g/mol. The molecule has 1 aromatic rings. The zero-order valence-electron chi connectivity index (χ0n) is 10.1. The van der Waals surface area contributed by atoms with Crippen molar-refractivity contribution in [2.24, 2.45) is 5.92 Å². The van der Waals surface area contributed by atoms with E-state index in [9.17, 15) is 0 Å². The molecule has 0 spiro atoms. The van der Waals surface area contributed by atoms with Crippen LogP contribution in [0.2, 0.25) is 0 Å². The summed E-state index contributed by atoms with van der Waals surface area (Å²) in [5.74, 6) is 1.73. The minimum Gasteiger partial charge on any atom is -0.360 e. The Hall–Kier alpha value is -0.680. The summed E-state index contributed by atoms with van der Waals surface area (Å²) in [5, 5.41) is 4.38. The number of nitrogens with one attached hydrogen (secondary N) is 1. The van der Waals surface area contributed by atoms with Gasteiger partial charge in [0.25, 0.3) is 0 Å². The molecule has 0 saturated carbocycles. The first kappa shape index (κ1) is 11.8. The van der Waals surface area contributed by atoms with Gasteiger partial charge >= 0.3 is 0 Å². The predicted molar refractivity (Wildman–Crippen MR) is 68.0 cm³/mol. The van der Waals surface area contributed by atoms with Crippen LogP contribution in [0.3, 0.4) is 0 Å². The van der Waals surface area contributed by atoms with Gasteiger partial charge in [0.15, 0.2) is 0 Å². The van der Waals surface area contributed by atoms with E-state index in [1.807, 2.05) is 0 Å². The number of aryl methyl sites for hydroxylation is 1. The van der Waals surface area contributed by atoms with E-state index in [1.165, 1.54) is 37.6 Å². The minimum absolute atomic E-state index is 0.772. The van der Waals surface area contributed by atoms with Crippen molar-refractivity contribution in [2.45, 2.75) is 26.7 Å². The Labute approximate surface area is 101 Å². The number of nitrogens with zero attached hydrogens (tertiary/aromatic N) is 3. The van der Waals surface area contributed by atoms with Gasteiger partial charge in [0.05, 0.1) is 0 Å². The Bertz CT molecular complexity index is 326. The molecular formula is C11H20N4S. The predicted octanol–water partition coefficient (Wildman–Crippen LogP) is 1.85. The van der Waals surface area contributed by atoms with E-state index >= 15 is 0 Å². The third kappa shape index (κ3) is 2.92. The quantitative estimate of drug-likeness (QED) is 0.853. The standard InChI is InChI=1S/C11H20N4S/c1-3-10-13-11(16-14-10)12-7-9-5-6-15(4-2)8-9/h9H,3-8H2,1-2H3,(H,12,13,14). The van der Waals surface area contributed by atoms with E-state index in [2.05, 4.69) is 33.4 Å². The fourth-order valence-electron chi connectivity index (χ4n) is 2.07. The van der Waals surface area contributed by atoms with Crippen molar-refractivity contribution < 1.29 is 0 Å². The van der Waals surface area contributed by atoms with Crippen molar-refractivity contribution in [2.75, 3.05) is 31.5 Å². The van der Waals surface area contributed by atoms with Crippen LogP contribution in [0, 0.1) is 5.92 Å². The van der Waals surface area contributed by atoms with Gasteiger partial charge < -0.3 is 10.2 Å². The molecule has 1 N–H and O–H groups in total. The van der Waals surface area contributed by atoms with Crippen molar-refractivity contribution in [1.82, 2.24) is 14.3 Å². The van der Waals surface area contributed by atoms with E-state index in [0.29, 0.717) is 0 Å². The van der Waals surface area contributed by atoms with E-state index in [0.717, 1.165) is 29.8 Å². The highest BCUT2D eigenvalue weighted by Crippen LogP contribution is 2.18. The lowest BCUT2D eigenvalue weighted by Gasteiger charge is -2.13. The molecule has 1 aromatic heterocycles. The molecule has 1 saturated heterocycles. The second-order valence-corrected chi connectivity index (χ2v) is 5.05. The summed E-state index contributed by atoms with van der Waals surface area (Å²) < 4.78 is 4.27. The lowest BCUT2D eigenvalue weighted by atomic mass is 10.1. The highest BCUT2D eigenvalue weighted by atomic mass is 32.1. The Morgan fingerprint density at radius 1 is 1.50 bits per heavy atom. The van der Waals surface area contributed by atoms with E-state index in [1.54, 1.807) is 0 Å². The Kier molecular flexibility index (Phi) is 4.12. The van der Waals surface area contributed by atoms with Crippen LogP contribution < -0.4 is 5.32 Å². The molecule has 4 nitrogen and oxygen atoms in total. The number of hydrogen-bond donors (Lipinski definition) is 1. The minimum atomic E-state index is 0.772.